The zero-order valence-corrected chi connectivity index (χ0v) is 16.1. The summed E-state index contributed by atoms with van der Waals surface area (Å²) in [5.74, 6) is 2.65. The van der Waals surface area contributed by atoms with E-state index < -0.39 is 0 Å². The van der Waals surface area contributed by atoms with Crippen LogP contribution in [0.5, 0.6) is 5.75 Å². The van der Waals surface area contributed by atoms with Gasteiger partial charge in [-0.1, -0.05) is 39.8 Å². The molecule has 26 heavy (non-hydrogen) atoms. The molecule has 1 N–H and O–H groups in total. The molecule has 0 unspecified atom stereocenters. The number of nitrogens with zero attached hydrogens (tertiary/aromatic N) is 1. The molecule has 1 saturated carbocycles. The summed E-state index contributed by atoms with van der Waals surface area (Å²) in [6, 6.07) is 11.4. The smallest absolute Gasteiger partial charge is 0.126 e. The molecule has 0 bridgehead atoms. The first kappa shape index (κ1) is 18.7. The summed E-state index contributed by atoms with van der Waals surface area (Å²) in [6.07, 6.45) is 2.11. The van der Waals surface area contributed by atoms with Crippen LogP contribution in [-0.2, 0) is 0 Å². The molecule has 3 nitrogen and oxygen atoms in total. The second kappa shape index (κ2) is 8.07. The normalized spacial score (nSPS) is 19.5. The van der Waals surface area contributed by atoms with Gasteiger partial charge in [0, 0.05) is 17.8 Å². The maximum atomic E-state index is 13.5. The fourth-order valence-electron chi connectivity index (χ4n) is 3.37. The Balaban J connectivity index is 1.49. The summed E-state index contributed by atoms with van der Waals surface area (Å²) in [6.45, 7) is 9.14. The van der Waals surface area contributed by atoms with Crippen LogP contribution in [0.15, 0.2) is 36.4 Å². The summed E-state index contributed by atoms with van der Waals surface area (Å²) in [5.41, 5.74) is 2.18. The van der Waals surface area contributed by atoms with E-state index in [1.807, 2.05) is 12.1 Å². The van der Waals surface area contributed by atoms with Crippen molar-refractivity contribution in [3.05, 3.63) is 53.5 Å². The number of aromatic nitrogens is 1. The lowest BCUT2D eigenvalue weighted by Crippen LogP contribution is -2.38. The van der Waals surface area contributed by atoms with Crippen LogP contribution in [0.2, 0.25) is 0 Å². The Hall–Kier alpha value is -2.10. The van der Waals surface area contributed by atoms with E-state index >= 15 is 0 Å². The molecule has 0 radical (unpaired) electrons. The van der Waals surface area contributed by atoms with E-state index in [9.17, 15) is 4.39 Å². The van der Waals surface area contributed by atoms with Crippen LogP contribution in [0, 0.1) is 11.7 Å². The van der Waals surface area contributed by atoms with Gasteiger partial charge in [-0.2, -0.15) is 0 Å². The monoisotopic (exact) mass is 356 g/mol. The average Bonchev–Trinajstić information content (AvgIpc) is 2.56. The SMILES string of the molecule is CC(C)c1cccc(NC2CC(COc3cc(F)ccc3C(C)C)C2)n1. The van der Waals surface area contributed by atoms with Gasteiger partial charge in [0.25, 0.3) is 0 Å². The minimum atomic E-state index is -0.242. The Labute approximate surface area is 156 Å². The first-order chi connectivity index (χ1) is 12.4. The second-order valence-corrected chi connectivity index (χ2v) is 7.93. The molecular weight excluding hydrogens is 327 g/mol. The molecule has 1 aromatic carbocycles. The van der Waals surface area contributed by atoms with Crippen molar-refractivity contribution in [2.75, 3.05) is 11.9 Å². The van der Waals surface area contributed by atoms with Crippen molar-refractivity contribution in [2.24, 2.45) is 5.92 Å². The highest BCUT2D eigenvalue weighted by Gasteiger charge is 2.30. The molecule has 1 aliphatic carbocycles. The van der Waals surface area contributed by atoms with Crippen molar-refractivity contribution in [1.29, 1.82) is 0 Å². The van der Waals surface area contributed by atoms with Gasteiger partial charge in [-0.15, -0.1) is 0 Å². The van der Waals surface area contributed by atoms with Crippen molar-refractivity contribution >= 4 is 5.82 Å². The minimum absolute atomic E-state index is 0.242. The van der Waals surface area contributed by atoms with Crippen LogP contribution in [-0.4, -0.2) is 17.6 Å². The van der Waals surface area contributed by atoms with E-state index in [0.29, 0.717) is 36.2 Å². The molecule has 140 valence electrons. The van der Waals surface area contributed by atoms with Crippen LogP contribution in [0.25, 0.3) is 0 Å². The summed E-state index contributed by atoms with van der Waals surface area (Å²) in [7, 11) is 0. The first-order valence-electron chi connectivity index (χ1n) is 9.58. The zero-order chi connectivity index (χ0) is 18.7. The lowest BCUT2D eigenvalue weighted by atomic mass is 9.81. The van der Waals surface area contributed by atoms with Crippen LogP contribution >= 0.6 is 0 Å². The maximum Gasteiger partial charge on any atom is 0.126 e. The Morgan fingerprint density at radius 3 is 2.58 bits per heavy atom. The molecule has 0 spiro atoms. The van der Waals surface area contributed by atoms with Crippen molar-refractivity contribution < 1.29 is 9.13 Å². The van der Waals surface area contributed by atoms with Crippen molar-refractivity contribution in [3.8, 4) is 5.75 Å². The lowest BCUT2D eigenvalue weighted by molar-refractivity contribution is 0.165. The topological polar surface area (TPSA) is 34.1 Å². The summed E-state index contributed by atoms with van der Waals surface area (Å²) < 4.78 is 19.5. The molecule has 0 atom stereocenters. The van der Waals surface area contributed by atoms with Gasteiger partial charge in [0.15, 0.2) is 0 Å². The molecule has 4 heteroatoms. The molecule has 1 aliphatic rings. The molecule has 0 amide bonds. The van der Waals surface area contributed by atoms with E-state index in [1.54, 1.807) is 0 Å². The van der Waals surface area contributed by atoms with Crippen LogP contribution in [0.3, 0.4) is 0 Å². The molecule has 1 heterocycles. The number of anilines is 1. The average molecular weight is 356 g/mol. The third-order valence-electron chi connectivity index (χ3n) is 5.02. The minimum Gasteiger partial charge on any atom is -0.493 e. The Morgan fingerprint density at radius 1 is 1.12 bits per heavy atom. The van der Waals surface area contributed by atoms with E-state index in [-0.39, 0.29) is 5.82 Å². The van der Waals surface area contributed by atoms with Gasteiger partial charge >= 0.3 is 0 Å². The van der Waals surface area contributed by atoms with Gasteiger partial charge in [-0.3, -0.25) is 0 Å². The second-order valence-electron chi connectivity index (χ2n) is 7.93. The Bertz CT molecular complexity index is 739. The summed E-state index contributed by atoms with van der Waals surface area (Å²) in [4.78, 5) is 4.67. The number of benzene rings is 1. The highest BCUT2D eigenvalue weighted by molar-refractivity contribution is 5.38. The lowest BCUT2D eigenvalue weighted by Gasteiger charge is -2.36. The molecular formula is C22H29FN2O. The zero-order valence-electron chi connectivity index (χ0n) is 16.1. The van der Waals surface area contributed by atoms with Crippen LogP contribution < -0.4 is 10.1 Å². The molecule has 3 rings (SSSR count). The van der Waals surface area contributed by atoms with Crippen molar-refractivity contribution in [3.63, 3.8) is 0 Å². The quantitative estimate of drug-likeness (QED) is 0.687. The number of ether oxygens (including phenoxy) is 1. The number of halogens is 1. The van der Waals surface area contributed by atoms with Gasteiger partial charge in [0.1, 0.15) is 17.4 Å². The number of hydrogen-bond donors (Lipinski definition) is 1. The van der Waals surface area contributed by atoms with Crippen molar-refractivity contribution in [1.82, 2.24) is 4.98 Å². The number of pyridine rings is 1. The van der Waals surface area contributed by atoms with Gasteiger partial charge in [0.05, 0.1) is 6.61 Å². The largest absolute Gasteiger partial charge is 0.493 e. The van der Waals surface area contributed by atoms with E-state index in [1.165, 1.54) is 12.1 Å². The fraction of sp³-hybridized carbons (Fsp3) is 0.500. The van der Waals surface area contributed by atoms with Gasteiger partial charge in [-0.05, 0) is 54.4 Å². The molecule has 0 aliphatic heterocycles. The predicted molar refractivity (Wildman–Crippen MR) is 104 cm³/mol. The molecule has 0 saturated heterocycles. The van der Waals surface area contributed by atoms with Crippen LogP contribution in [0.4, 0.5) is 10.2 Å². The number of nitrogens with one attached hydrogen (secondary N) is 1. The van der Waals surface area contributed by atoms with E-state index in [0.717, 1.165) is 29.9 Å². The number of rotatable bonds is 7. The van der Waals surface area contributed by atoms with Crippen molar-refractivity contribution in [2.45, 2.75) is 58.4 Å². The molecule has 1 aromatic heterocycles. The van der Waals surface area contributed by atoms with Gasteiger partial charge < -0.3 is 10.1 Å². The van der Waals surface area contributed by atoms with Crippen LogP contribution in [0.1, 0.15) is 63.6 Å². The Kier molecular flexibility index (Phi) is 5.80. The highest BCUT2D eigenvalue weighted by atomic mass is 19.1. The summed E-state index contributed by atoms with van der Waals surface area (Å²) in [5, 5.41) is 3.51. The predicted octanol–water partition coefficient (Wildman–Crippen LogP) is 5.74. The molecule has 2 aromatic rings. The molecule has 1 fully saturated rings. The summed E-state index contributed by atoms with van der Waals surface area (Å²) >= 11 is 0. The first-order valence-corrected chi connectivity index (χ1v) is 9.58. The standard InChI is InChI=1S/C22H29FN2O/c1-14(2)19-9-8-17(23)12-21(19)26-13-16-10-18(11-16)24-22-7-5-6-20(25-22)15(3)4/h5-9,12,14-16,18H,10-11,13H2,1-4H3,(H,24,25). The van der Waals surface area contributed by atoms with E-state index in [4.69, 9.17) is 4.74 Å². The fourth-order valence-corrected chi connectivity index (χ4v) is 3.37. The van der Waals surface area contributed by atoms with Gasteiger partial charge in [0.2, 0.25) is 0 Å². The van der Waals surface area contributed by atoms with E-state index in [2.05, 4.69) is 50.1 Å². The third kappa shape index (κ3) is 4.54. The van der Waals surface area contributed by atoms with Gasteiger partial charge in [-0.25, -0.2) is 9.37 Å². The highest BCUT2D eigenvalue weighted by Crippen LogP contribution is 2.33. The maximum absolute atomic E-state index is 13.5. The Morgan fingerprint density at radius 2 is 1.88 bits per heavy atom. The number of hydrogen-bond acceptors (Lipinski definition) is 3. The third-order valence-corrected chi connectivity index (χ3v) is 5.02.